The molecule has 1 rings (SSSR count). The number of hydrogen-bond acceptors (Lipinski definition) is 3. The van der Waals surface area contributed by atoms with Crippen molar-refractivity contribution in [1.29, 1.82) is 0 Å². The van der Waals surface area contributed by atoms with Gasteiger partial charge >= 0.3 is 7.60 Å². The Labute approximate surface area is 102 Å². The third kappa shape index (κ3) is 4.98. The molecule has 0 fully saturated rings. The lowest BCUT2D eigenvalue weighted by Gasteiger charge is -2.21. The van der Waals surface area contributed by atoms with Crippen molar-refractivity contribution in [3.63, 3.8) is 0 Å². The van der Waals surface area contributed by atoms with Crippen molar-refractivity contribution in [1.82, 2.24) is 10.2 Å². The van der Waals surface area contributed by atoms with Crippen molar-refractivity contribution in [3.05, 3.63) is 35.9 Å². The first-order chi connectivity index (χ1) is 7.91. The van der Waals surface area contributed by atoms with Crippen LogP contribution in [0.4, 0.5) is 0 Å². The van der Waals surface area contributed by atoms with Crippen molar-refractivity contribution in [2.75, 3.05) is 27.2 Å². The summed E-state index contributed by atoms with van der Waals surface area (Å²) in [7, 11) is -0.361. The molecule has 0 spiro atoms. The maximum absolute atomic E-state index is 11.4. The van der Waals surface area contributed by atoms with Gasteiger partial charge in [-0.2, -0.15) is 0 Å². The molecule has 0 saturated heterocycles. The van der Waals surface area contributed by atoms with E-state index in [-0.39, 0.29) is 0 Å². The van der Waals surface area contributed by atoms with Gasteiger partial charge in [0.2, 0.25) is 0 Å². The molecule has 0 aliphatic rings. The highest BCUT2D eigenvalue weighted by molar-refractivity contribution is 7.52. The molecule has 0 heterocycles. The molecule has 0 aromatic heterocycles. The Morgan fingerprint density at radius 2 is 1.88 bits per heavy atom. The molecular formula is C11H19N2O3P. The molecule has 5 nitrogen and oxygen atoms in total. The summed E-state index contributed by atoms with van der Waals surface area (Å²) in [6.45, 7) is 1.25. The van der Waals surface area contributed by atoms with E-state index in [1.165, 1.54) is 0 Å². The molecule has 96 valence electrons. The SMILES string of the molecule is CN(C)CCNC(c1ccccc1)P(=O)(O)O. The van der Waals surface area contributed by atoms with E-state index in [2.05, 4.69) is 5.32 Å². The lowest BCUT2D eigenvalue weighted by atomic mass is 10.2. The highest BCUT2D eigenvalue weighted by Gasteiger charge is 2.29. The highest BCUT2D eigenvalue weighted by atomic mass is 31.2. The molecule has 0 bridgehead atoms. The summed E-state index contributed by atoms with van der Waals surface area (Å²) in [5, 5.41) is 2.90. The third-order valence-electron chi connectivity index (χ3n) is 2.35. The van der Waals surface area contributed by atoms with Crippen molar-refractivity contribution >= 4 is 7.60 Å². The summed E-state index contributed by atoms with van der Waals surface area (Å²) in [5.74, 6) is -0.927. The van der Waals surface area contributed by atoms with E-state index in [1.807, 2.05) is 25.1 Å². The maximum Gasteiger partial charge on any atom is 0.346 e. The number of nitrogens with one attached hydrogen (secondary N) is 1. The minimum Gasteiger partial charge on any atom is -0.323 e. The second-order valence-electron chi connectivity index (χ2n) is 4.16. The highest BCUT2D eigenvalue weighted by Crippen LogP contribution is 2.49. The summed E-state index contributed by atoms with van der Waals surface area (Å²) < 4.78 is 11.4. The zero-order valence-electron chi connectivity index (χ0n) is 10.1. The van der Waals surface area contributed by atoms with E-state index in [0.717, 1.165) is 6.54 Å². The average Bonchev–Trinajstić information content (AvgIpc) is 2.23. The fourth-order valence-electron chi connectivity index (χ4n) is 1.49. The van der Waals surface area contributed by atoms with E-state index in [9.17, 15) is 14.4 Å². The molecule has 17 heavy (non-hydrogen) atoms. The summed E-state index contributed by atoms with van der Waals surface area (Å²) in [6.07, 6.45) is 0. The van der Waals surface area contributed by atoms with Crippen molar-refractivity contribution < 1.29 is 14.4 Å². The minimum atomic E-state index is -4.19. The Morgan fingerprint density at radius 3 is 2.35 bits per heavy atom. The van der Waals surface area contributed by atoms with Crippen LogP contribution in [-0.4, -0.2) is 41.9 Å². The van der Waals surface area contributed by atoms with Crippen LogP contribution in [0.2, 0.25) is 0 Å². The van der Waals surface area contributed by atoms with Gasteiger partial charge in [0.25, 0.3) is 0 Å². The topological polar surface area (TPSA) is 72.8 Å². The zero-order chi connectivity index (χ0) is 12.9. The molecule has 3 N–H and O–H groups in total. The Bertz CT molecular complexity index is 378. The predicted octanol–water partition coefficient (Wildman–Crippen LogP) is 1.01. The van der Waals surface area contributed by atoms with Crippen LogP contribution in [0.5, 0.6) is 0 Å². The van der Waals surface area contributed by atoms with Crippen LogP contribution in [0.15, 0.2) is 30.3 Å². The van der Waals surface area contributed by atoms with Crippen molar-refractivity contribution in [3.8, 4) is 0 Å². The van der Waals surface area contributed by atoms with Gasteiger partial charge in [0.05, 0.1) is 0 Å². The Balaban J connectivity index is 2.73. The second kappa shape index (κ2) is 6.28. The van der Waals surface area contributed by atoms with Gasteiger partial charge in [-0.05, 0) is 19.7 Å². The standard InChI is InChI=1S/C11H19N2O3P/c1-13(2)9-8-12-11(17(14,15)16)10-6-4-3-5-7-10/h3-7,11-12H,8-9H2,1-2H3,(H2,14,15,16). The fraction of sp³-hybridized carbons (Fsp3) is 0.455. The fourth-order valence-corrected chi connectivity index (χ4v) is 2.42. The molecule has 1 aromatic rings. The first kappa shape index (κ1) is 14.4. The van der Waals surface area contributed by atoms with Gasteiger partial charge in [-0.25, -0.2) is 0 Å². The van der Waals surface area contributed by atoms with Gasteiger partial charge < -0.3 is 14.7 Å². The Hall–Kier alpha value is -0.710. The number of benzene rings is 1. The Kier molecular flexibility index (Phi) is 5.31. The monoisotopic (exact) mass is 258 g/mol. The summed E-state index contributed by atoms with van der Waals surface area (Å²) in [6, 6.07) is 8.79. The van der Waals surface area contributed by atoms with Gasteiger partial charge in [0.15, 0.2) is 0 Å². The molecule has 0 aliphatic carbocycles. The van der Waals surface area contributed by atoms with E-state index >= 15 is 0 Å². The summed E-state index contributed by atoms with van der Waals surface area (Å²) in [5.41, 5.74) is 0.611. The quantitative estimate of drug-likeness (QED) is 0.664. The predicted molar refractivity (Wildman–Crippen MR) is 67.8 cm³/mol. The number of likely N-dealkylation sites (N-methyl/N-ethyl adjacent to an activating group) is 1. The molecule has 6 heteroatoms. The molecule has 0 saturated carbocycles. The van der Waals surface area contributed by atoms with Gasteiger partial charge in [-0.1, -0.05) is 30.3 Å². The molecule has 0 aliphatic heterocycles. The van der Waals surface area contributed by atoms with Crippen LogP contribution in [0.25, 0.3) is 0 Å². The lowest BCUT2D eigenvalue weighted by Crippen LogP contribution is -2.29. The van der Waals surface area contributed by atoms with Gasteiger partial charge in [0.1, 0.15) is 5.78 Å². The first-order valence-corrected chi connectivity index (χ1v) is 7.07. The van der Waals surface area contributed by atoms with Crippen LogP contribution < -0.4 is 5.32 Å². The third-order valence-corrected chi connectivity index (χ3v) is 3.50. The van der Waals surface area contributed by atoms with Crippen LogP contribution in [0, 0.1) is 0 Å². The number of nitrogens with zero attached hydrogens (tertiary/aromatic N) is 1. The second-order valence-corrected chi connectivity index (χ2v) is 5.85. The largest absolute Gasteiger partial charge is 0.346 e. The summed E-state index contributed by atoms with van der Waals surface area (Å²) >= 11 is 0. The number of hydrogen-bond donors (Lipinski definition) is 3. The van der Waals surface area contributed by atoms with Crippen LogP contribution in [-0.2, 0) is 4.57 Å². The normalized spacial score (nSPS) is 13.9. The molecule has 0 amide bonds. The van der Waals surface area contributed by atoms with Gasteiger partial charge in [0, 0.05) is 13.1 Å². The molecular weight excluding hydrogens is 239 g/mol. The van der Waals surface area contributed by atoms with Crippen molar-refractivity contribution in [2.24, 2.45) is 0 Å². The maximum atomic E-state index is 11.4. The Morgan fingerprint density at radius 1 is 1.29 bits per heavy atom. The van der Waals surface area contributed by atoms with E-state index < -0.39 is 13.4 Å². The average molecular weight is 258 g/mol. The zero-order valence-corrected chi connectivity index (χ0v) is 11.0. The number of rotatable bonds is 6. The van der Waals surface area contributed by atoms with E-state index in [0.29, 0.717) is 12.1 Å². The molecule has 0 radical (unpaired) electrons. The molecule has 1 aromatic carbocycles. The van der Waals surface area contributed by atoms with Gasteiger partial charge in [-0.15, -0.1) is 0 Å². The van der Waals surface area contributed by atoms with Crippen LogP contribution >= 0.6 is 7.60 Å². The van der Waals surface area contributed by atoms with Crippen LogP contribution in [0.1, 0.15) is 11.3 Å². The van der Waals surface area contributed by atoms with Crippen LogP contribution in [0.3, 0.4) is 0 Å². The van der Waals surface area contributed by atoms with Crippen molar-refractivity contribution in [2.45, 2.75) is 5.78 Å². The van der Waals surface area contributed by atoms with Gasteiger partial charge in [-0.3, -0.25) is 9.88 Å². The van der Waals surface area contributed by atoms with E-state index in [1.54, 1.807) is 24.3 Å². The summed E-state index contributed by atoms with van der Waals surface area (Å²) in [4.78, 5) is 20.6. The minimum absolute atomic E-state index is 0.525. The lowest BCUT2D eigenvalue weighted by molar-refractivity contribution is 0.339. The molecule has 1 atom stereocenters. The first-order valence-electron chi connectivity index (χ1n) is 5.39. The molecule has 1 unspecified atom stereocenters. The smallest absolute Gasteiger partial charge is 0.323 e. The van der Waals surface area contributed by atoms with E-state index in [4.69, 9.17) is 0 Å².